The Balaban J connectivity index is 1.97. The van der Waals surface area contributed by atoms with E-state index in [1.807, 2.05) is 13.0 Å². The Bertz CT molecular complexity index is 498. The zero-order valence-electron chi connectivity index (χ0n) is 9.49. The predicted octanol–water partition coefficient (Wildman–Crippen LogP) is 2.60. The Morgan fingerprint density at radius 2 is 2.12 bits per heavy atom. The molecule has 1 aliphatic rings. The van der Waals surface area contributed by atoms with Gasteiger partial charge < -0.3 is 9.73 Å². The van der Waals surface area contributed by atoms with Crippen LogP contribution >= 0.6 is 0 Å². The first kappa shape index (κ1) is 9.85. The highest BCUT2D eigenvalue weighted by Crippen LogP contribution is 2.27. The van der Waals surface area contributed by atoms with Crippen LogP contribution < -0.4 is 5.32 Å². The SMILES string of the molecule is Cc1nc2cc(C3CCNCC3)ccc2o1. The summed E-state index contributed by atoms with van der Waals surface area (Å²) in [5.74, 6) is 1.43. The van der Waals surface area contributed by atoms with E-state index in [4.69, 9.17) is 4.42 Å². The molecule has 2 heterocycles. The van der Waals surface area contributed by atoms with Crippen LogP contribution in [0, 0.1) is 6.92 Å². The maximum atomic E-state index is 5.49. The van der Waals surface area contributed by atoms with Gasteiger partial charge in [-0.05, 0) is 49.5 Å². The minimum Gasteiger partial charge on any atom is -0.441 e. The number of piperidine rings is 1. The second kappa shape index (κ2) is 3.91. The van der Waals surface area contributed by atoms with Crippen molar-refractivity contribution in [2.45, 2.75) is 25.7 Å². The highest BCUT2D eigenvalue weighted by molar-refractivity contribution is 5.73. The maximum absolute atomic E-state index is 5.49. The molecular weight excluding hydrogens is 200 g/mol. The third kappa shape index (κ3) is 1.71. The van der Waals surface area contributed by atoms with Crippen molar-refractivity contribution in [2.24, 2.45) is 0 Å². The van der Waals surface area contributed by atoms with Crippen molar-refractivity contribution < 1.29 is 4.42 Å². The van der Waals surface area contributed by atoms with Crippen molar-refractivity contribution in [3.8, 4) is 0 Å². The van der Waals surface area contributed by atoms with E-state index in [2.05, 4.69) is 22.4 Å². The lowest BCUT2D eigenvalue weighted by Gasteiger charge is -2.22. The van der Waals surface area contributed by atoms with Crippen molar-refractivity contribution in [1.29, 1.82) is 0 Å². The van der Waals surface area contributed by atoms with Gasteiger partial charge in [-0.25, -0.2) is 4.98 Å². The fraction of sp³-hybridized carbons (Fsp3) is 0.462. The van der Waals surface area contributed by atoms with Gasteiger partial charge in [0, 0.05) is 6.92 Å². The van der Waals surface area contributed by atoms with Crippen molar-refractivity contribution >= 4 is 11.1 Å². The molecule has 16 heavy (non-hydrogen) atoms. The predicted molar refractivity (Wildman–Crippen MR) is 63.6 cm³/mol. The van der Waals surface area contributed by atoms with E-state index in [-0.39, 0.29) is 0 Å². The molecule has 1 saturated heterocycles. The molecule has 3 rings (SSSR count). The van der Waals surface area contributed by atoms with Crippen LogP contribution in [0.1, 0.15) is 30.2 Å². The van der Waals surface area contributed by atoms with E-state index in [1.165, 1.54) is 18.4 Å². The Hall–Kier alpha value is -1.35. The number of fused-ring (bicyclic) bond motifs is 1. The van der Waals surface area contributed by atoms with E-state index < -0.39 is 0 Å². The van der Waals surface area contributed by atoms with Gasteiger partial charge in [-0.1, -0.05) is 6.07 Å². The van der Waals surface area contributed by atoms with Crippen LogP contribution in [0.4, 0.5) is 0 Å². The minimum absolute atomic E-state index is 0.683. The molecule has 2 aromatic rings. The topological polar surface area (TPSA) is 38.1 Å². The lowest BCUT2D eigenvalue weighted by molar-refractivity contribution is 0.460. The number of oxazole rings is 1. The second-order valence-corrected chi connectivity index (χ2v) is 4.48. The van der Waals surface area contributed by atoms with Crippen LogP contribution in [-0.4, -0.2) is 18.1 Å². The summed E-state index contributed by atoms with van der Waals surface area (Å²) in [4.78, 5) is 4.39. The van der Waals surface area contributed by atoms with Gasteiger partial charge in [0.05, 0.1) is 0 Å². The third-order valence-electron chi connectivity index (χ3n) is 3.33. The van der Waals surface area contributed by atoms with Gasteiger partial charge in [0.15, 0.2) is 11.5 Å². The van der Waals surface area contributed by atoms with Crippen LogP contribution in [-0.2, 0) is 0 Å². The molecule has 0 amide bonds. The molecule has 0 bridgehead atoms. The van der Waals surface area contributed by atoms with Gasteiger partial charge in [-0.15, -0.1) is 0 Å². The van der Waals surface area contributed by atoms with Crippen molar-refractivity contribution in [3.05, 3.63) is 29.7 Å². The lowest BCUT2D eigenvalue weighted by Crippen LogP contribution is -2.26. The Labute approximate surface area is 94.9 Å². The van der Waals surface area contributed by atoms with Crippen LogP contribution in [0.3, 0.4) is 0 Å². The molecule has 3 nitrogen and oxygen atoms in total. The van der Waals surface area contributed by atoms with E-state index in [9.17, 15) is 0 Å². The van der Waals surface area contributed by atoms with Gasteiger partial charge in [0.2, 0.25) is 0 Å². The molecule has 1 aromatic heterocycles. The standard InChI is InChI=1S/C13H16N2O/c1-9-15-12-8-11(2-3-13(12)16-9)10-4-6-14-7-5-10/h2-3,8,10,14H,4-7H2,1H3. The molecule has 0 spiro atoms. The molecule has 3 heteroatoms. The van der Waals surface area contributed by atoms with E-state index in [1.54, 1.807) is 0 Å². The molecule has 0 aliphatic carbocycles. The molecule has 0 radical (unpaired) electrons. The van der Waals surface area contributed by atoms with Crippen LogP contribution in [0.5, 0.6) is 0 Å². The summed E-state index contributed by atoms with van der Waals surface area (Å²) in [7, 11) is 0. The first-order valence-corrected chi connectivity index (χ1v) is 5.91. The third-order valence-corrected chi connectivity index (χ3v) is 3.33. The Morgan fingerprint density at radius 3 is 2.94 bits per heavy atom. The molecule has 84 valence electrons. The van der Waals surface area contributed by atoms with Gasteiger partial charge in [0.25, 0.3) is 0 Å². The van der Waals surface area contributed by atoms with Gasteiger partial charge in [-0.2, -0.15) is 0 Å². The van der Waals surface area contributed by atoms with Gasteiger partial charge >= 0.3 is 0 Å². The highest BCUT2D eigenvalue weighted by Gasteiger charge is 2.16. The number of hydrogen-bond acceptors (Lipinski definition) is 3. The molecule has 1 aromatic carbocycles. The second-order valence-electron chi connectivity index (χ2n) is 4.48. The first-order chi connectivity index (χ1) is 7.83. The number of aromatic nitrogens is 1. The van der Waals surface area contributed by atoms with E-state index >= 15 is 0 Å². The van der Waals surface area contributed by atoms with Gasteiger partial charge in [0.1, 0.15) is 5.52 Å². The number of aryl methyl sites for hydroxylation is 1. The first-order valence-electron chi connectivity index (χ1n) is 5.91. The molecule has 1 aliphatic heterocycles. The lowest BCUT2D eigenvalue weighted by atomic mass is 9.90. The number of benzene rings is 1. The zero-order valence-corrected chi connectivity index (χ0v) is 9.49. The van der Waals surface area contributed by atoms with Crippen molar-refractivity contribution in [3.63, 3.8) is 0 Å². The van der Waals surface area contributed by atoms with Crippen molar-refractivity contribution in [2.75, 3.05) is 13.1 Å². The quantitative estimate of drug-likeness (QED) is 0.796. The summed E-state index contributed by atoms with van der Waals surface area (Å²) in [5, 5.41) is 3.39. The minimum atomic E-state index is 0.683. The van der Waals surface area contributed by atoms with E-state index in [0.717, 1.165) is 30.1 Å². The summed E-state index contributed by atoms with van der Waals surface area (Å²) in [6.45, 7) is 4.14. The fourth-order valence-corrected chi connectivity index (χ4v) is 2.47. The van der Waals surface area contributed by atoms with E-state index in [0.29, 0.717) is 5.92 Å². The average Bonchev–Trinajstić information content (AvgIpc) is 2.69. The van der Waals surface area contributed by atoms with Crippen LogP contribution in [0.25, 0.3) is 11.1 Å². The van der Waals surface area contributed by atoms with Crippen molar-refractivity contribution in [1.82, 2.24) is 10.3 Å². The summed E-state index contributed by atoms with van der Waals surface area (Å²) >= 11 is 0. The number of nitrogens with one attached hydrogen (secondary N) is 1. The Morgan fingerprint density at radius 1 is 1.31 bits per heavy atom. The average molecular weight is 216 g/mol. The molecule has 1 N–H and O–H groups in total. The zero-order chi connectivity index (χ0) is 11.0. The maximum Gasteiger partial charge on any atom is 0.192 e. The fourth-order valence-electron chi connectivity index (χ4n) is 2.47. The molecular formula is C13H16N2O. The monoisotopic (exact) mass is 216 g/mol. The van der Waals surface area contributed by atoms with Crippen LogP contribution in [0.15, 0.2) is 22.6 Å². The smallest absolute Gasteiger partial charge is 0.192 e. The number of nitrogens with zero attached hydrogens (tertiary/aromatic N) is 1. The summed E-state index contributed by atoms with van der Waals surface area (Å²) in [6.07, 6.45) is 2.45. The summed E-state index contributed by atoms with van der Waals surface area (Å²) < 4.78 is 5.49. The molecule has 0 atom stereocenters. The molecule has 0 saturated carbocycles. The number of hydrogen-bond donors (Lipinski definition) is 1. The molecule has 1 fully saturated rings. The summed E-state index contributed by atoms with van der Waals surface area (Å²) in [6, 6.07) is 6.41. The Kier molecular flexibility index (Phi) is 2.40. The normalized spacial score (nSPS) is 18.1. The largest absolute Gasteiger partial charge is 0.441 e. The summed E-state index contributed by atoms with van der Waals surface area (Å²) in [5.41, 5.74) is 3.30. The van der Waals surface area contributed by atoms with Gasteiger partial charge in [-0.3, -0.25) is 0 Å². The van der Waals surface area contributed by atoms with Crippen LogP contribution in [0.2, 0.25) is 0 Å². The number of rotatable bonds is 1. The molecule has 0 unspecified atom stereocenters. The highest BCUT2D eigenvalue weighted by atomic mass is 16.3.